The molecule has 1 unspecified atom stereocenters. The van der Waals surface area contributed by atoms with Gasteiger partial charge in [0, 0.05) is 0 Å². The Morgan fingerprint density at radius 1 is 1.55 bits per heavy atom. The Balaban J connectivity index is 3.46. The van der Waals surface area contributed by atoms with Crippen LogP contribution in [0, 0.1) is 0 Å². The van der Waals surface area contributed by atoms with Crippen LogP contribution in [0.25, 0.3) is 0 Å². The minimum absolute atomic E-state index is 0.166. The quantitative estimate of drug-likeness (QED) is 0.607. The third-order valence-corrected chi connectivity index (χ3v) is 1.34. The lowest BCUT2D eigenvalue weighted by atomic mass is 10.3. The van der Waals surface area contributed by atoms with Gasteiger partial charge in [-0.3, -0.25) is 4.79 Å². The Morgan fingerprint density at radius 3 is 2.64 bits per heavy atom. The molecule has 3 nitrogen and oxygen atoms in total. The summed E-state index contributed by atoms with van der Waals surface area (Å²) in [7, 11) is 0. The molecule has 0 aromatic heterocycles. The molecule has 0 aliphatic rings. The molecule has 0 aliphatic heterocycles. The molecule has 0 saturated heterocycles. The van der Waals surface area contributed by atoms with E-state index in [1.54, 1.807) is 0 Å². The summed E-state index contributed by atoms with van der Waals surface area (Å²) in [6.07, 6.45) is 1.03. The molecule has 0 aromatic rings. The number of rotatable bonds is 5. The molecular formula is C8H17NO2. The fourth-order valence-corrected chi connectivity index (χ4v) is 0.711. The van der Waals surface area contributed by atoms with Crippen LogP contribution in [-0.2, 0) is 9.53 Å². The highest BCUT2D eigenvalue weighted by Gasteiger charge is 2.11. The van der Waals surface area contributed by atoms with Crippen molar-refractivity contribution < 1.29 is 9.53 Å². The van der Waals surface area contributed by atoms with Gasteiger partial charge in [0.2, 0.25) is 0 Å². The second-order valence-electron chi connectivity index (χ2n) is 2.43. The Morgan fingerprint density at radius 2 is 2.18 bits per heavy atom. The first-order valence-electron chi connectivity index (χ1n) is 4.12. The molecule has 0 fully saturated rings. The highest BCUT2D eigenvalue weighted by Crippen LogP contribution is 1.87. The van der Waals surface area contributed by atoms with Crippen LogP contribution in [0.15, 0.2) is 0 Å². The Labute approximate surface area is 68.1 Å². The van der Waals surface area contributed by atoms with Crippen LogP contribution in [0.4, 0.5) is 0 Å². The minimum atomic E-state index is -0.171. The fraction of sp³-hybridized carbons (Fsp3) is 0.875. The Hall–Kier alpha value is -0.570. The molecule has 3 heteroatoms. The van der Waals surface area contributed by atoms with E-state index in [1.165, 1.54) is 0 Å². The van der Waals surface area contributed by atoms with E-state index in [4.69, 9.17) is 4.74 Å². The normalized spacial score (nSPS) is 12.6. The van der Waals surface area contributed by atoms with Gasteiger partial charge >= 0.3 is 5.97 Å². The van der Waals surface area contributed by atoms with Crippen molar-refractivity contribution in [2.24, 2.45) is 0 Å². The molecule has 0 bridgehead atoms. The van der Waals surface area contributed by atoms with Gasteiger partial charge in [0.1, 0.15) is 6.04 Å². The summed E-state index contributed by atoms with van der Waals surface area (Å²) in [5.74, 6) is -0.166. The van der Waals surface area contributed by atoms with Gasteiger partial charge < -0.3 is 10.1 Å². The number of esters is 1. The topological polar surface area (TPSA) is 38.3 Å². The molecule has 0 aromatic carbocycles. The van der Waals surface area contributed by atoms with Crippen molar-refractivity contribution in [3.8, 4) is 0 Å². The second kappa shape index (κ2) is 6.16. The smallest absolute Gasteiger partial charge is 0.322 e. The molecule has 0 amide bonds. The summed E-state index contributed by atoms with van der Waals surface area (Å²) in [5, 5.41) is 3.04. The lowest BCUT2D eigenvalue weighted by Gasteiger charge is -2.10. The molecule has 66 valence electrons. The van der Waals surface area contributed by atoms with Gasteiger partial charge in [-0.2, -0.15) is 0 Å². The van der Waals surface area contributed by atoms with Crippen LogP contribution in [0.2, 0.25) is 0 Å². The van der Waals surface area contributed by atoms with Crippen LogP contribution in [0.1, 0.15) is 27.2 Å². The number of carbonyl (C=O) groups excluding carboxylic acids is 1. The predicted molar refractivity (Wildman–Crippen MR) is 44.4 cm³/mol. The van der Waals surface area contributed by atoms with Crippen molar-refractivity contribution >= 4 is 5.97 Å². The van der Waals surface area contributed by atoms with E-state index in [0.717, 1.165) is 13.0 Å². The monoisotopic (exact) mass is 159 g/mol. The summed E-state index contributed by atoms with van der Waals surface area (Å²) in [6.45, 7) is 7.00. The second-order valence-corrected chi connectivity index (χ2v) is 2.43. The molecule has 1 atom stereocenters. The maximum atomic E-state index is 11.0. The van der Waals surface area contributed by atoms with Crippen LogP contribution in [0.3, 0.4) is 0 Å². The first kappa shape index (κ1) is 10.4. The van der Waals surface area contributed by atoms with E-state index in [0.29, 0.717) is 6.61 Å². The number of ether oxygens (including phenoxy) is 1. The van der Waals surface area contributed by atoms with E-state index >= 15 is 0 Å². The lowest BCUT2D eigenvalue weighted by molar-refractivity contribution is -0.145. The molecule has 0 aliphatic carbocycles. The molecule has 0 radical (unpaired) electrons. The Kier molecular flexibility index (Phi) is 5.84. The highest BCUT2D eigenvalue weighted by molar-refractivity contribution is 5.75. The molecule has 0 heterocycles. The lowest BCUT2D eigenvalue weighted by Crippen LogP contribution is -2.35. The number of hydrogen-bond acceptors (Lipinski definition) is 3. The summed E-state index contributed by atoms with van der Waals surface area (Å²) in [5.41, 5.74) is 0. The summed E-state index contributed by atoms with van der Waals surface area (Å²) >= 11 is 0. The zero-order valence-electron chi connectivity index (χ0n) is 7.52. The first-order chi connectivity index (χ1) is 5.22. The summed E-state index contributed by atoms with van der Waals surface area (Å²) < 4.78 is 4.80. The summed E-state index contributed by atoms with van der Waals surface area (Å²) in [4.78, 5) is 11.0. The largest absolute Gasteiger partial charge is 0.465 e. The highest BCUT2D eigenvalue weighted by atomic mass is 16.5. The average Bonchev–Trinajstić information content (AvgIpc) is 2.00. The maximum Gasteiger partial charge on any atom is 0.322 e. The Bertz CT molecular complexity index is 115. The number of hydrogen-bond donors (Lipinski definition) is 1. The first-order valence-corrected chi connectivity index (χ1v) is 4.12. The SMILES string of the molecule is CCCNC(C)C(=O)OCC. The predicted octanol–water partition coefficient (Wildman–Crippen LogP) is 0.938. The van der Waals surface area contributed by atoms with Crippen LogP contribution in [-0.4, -0.2) is 25.2 Å². The number of carbonyl (C=O) groups is 1. The van der Waals surface area contributed by atoms with Crippen molar-refractivity contribution in [2.45, 2.75) is 33.2 Å². The van der Waals surface area contributed by atoms with Crippen LogP contribution >= 0.6 is 0 Å². The van der Waals surface area contributed by atoms with Crippen molar-refractivity contribution in [1.82, 2.24) is 5.32 Å². The molecular weight excluding hydrogens is 142 g/mol. The molecule has 0 saturated carbocycles. The van der Waals surface area contributed by atoms with E-state index in [-0.39, 0.29) is 12.0 Å². The van der Waals surface area contributed by atoms with Crippen molar-refractivity contribution in [3.05, 3.63) is 0 Å². The zero-order chi connectivity index (χ0) is 8.69. The van der Waals surface area contributed by atoms with Gasteiger partial charge in [-0.1, -0.05) is 6.92 Å². The fourth-order valence-electron chi connectivity index (χ4n) is 0.711. The minimum Gasteiger partial charge on any atom is -0.465 e. The molecule has 11 heavy (non-hydrogen) atoms. The van der Waals surface area contributed by atoms with E-state index in [1.807, 2.05) is 13.8 Å². The van der Waals surface area contributed by atoms with Gasteiger partial charge in [0.25, 0.3) is 0 Å². The summed E-state index contributed by atoms with van der Waals surface area (Å²) in [6, 6.07) is -0.171. The van der Waals surface area contributed by atoms with Gasteiger partial charge in [-0.25, -0.2) is 0 Å². The molecule has 0 spiro atoms. The van der Waals surface area contributed by atoms with Gasteiger partial charge in [-0.15, -0.1) is 0 Å². The zero-order valence-corrected chi connectivity index (χ0v) is 7.52. The maximum absolute atomic E-state index is 11.0. The van der Waals surface area contributed by atoms with E-state index < -0.39 is 0 Å². The number of nitrogens with one attached hydrogen (secondary N) is 1. The third-order valence-electron chi connectivity index (χ3n) is 1.34. The third kappa shape index (κ3) is 4.79. The van der Waals surface area contributed by atoms with Crippen molar-refractivity contribution in [3.63, 3.8) is 0 Å². The average molecular weight is 159 g/mol. The molecule has 1 N–H and O–H groups in total. The van der Waals surface area contributed by atoms with E-state index in [2.05, 4.69) is 12.2 Å². The van der Waals surface area contributed by atoms with Crippen molar-refractivity contribution in [1.29, 1.82) is 0 Å². The van der Waals surface area contributed by atoms with E-state index in [9.17, 15) is 4.79 Å². The standard InChI is InChI=1S/C8H17NO2/c1-4-6-9-7(3)8(10)11-5-2/h7,9H,4-6H2,1-3H3. The van der Waals surface area contributed by atoms with Gasteiger partial charge in [0.15, 0.2) is 0 Å². The van der Waals surface area contributed by atoms with Gasteiger partial charge in [-0.05, 0) is 26.8 Å². The van der Waals surface area contributed by atoms with Crippen LogP contribution < -0.4 is 5.32 Å². The molecule has 0 rings (SSSR count). The van der Waals surface area contributed by atoms with Gasteiger partial charge in [0.05, 0.1) is 6.61 Å². The van der Waals surface area contributed by atoms with Crippen LogP contribution in [0.5, 0.6) is 0 Å². The van der Waals surface area contributed by atoms with Crippen molar-refractivity contribution in [2.75, 3.05) is 13.2 Å².